The molecule has 1 aromatic carbocycles. The lowest BCUT2D eigenvalue weighted by atomic mass is 10.1. The molecule has 2 aliphatic rings. The van der Waals surface area contributed by atoms with Gasteiger partial charge < -0.3 is 21.3 Å². The zero-order valence-corrected chi connectivity index (χ0v) is 14.2. The molecule has 0 aromatic heterocycles. The highest BCUT2D eigenvalue weighted by Gasteiger charge is 2.23. The van der Waals surface area contributed by atoms with Crippen LogP contribution in [0.15, 0.2) is 35.9 Å². The van der Waals surface area contributed by atoms with Crippen molar-refractivity contribution in [2.24, 2.45) is 0 Å². The molecule has 3 amide bonds. The van der Waals surface area contributed by atoms with Gasteiger partial charge in [0.05, 0.1) is 0 Å². The predicted octanol–water partition coefficient (Wildman–Crippen LogP) is 2.04. The van der Waals surface area contributed by atoms with Crippen molar-refractivity contribution < 1.29 is 9.59 Å². The number of urea groups is 1. The lowest BCUT2D eigenvalue weighted by Crippen LogP contribution is -2.31. The molecule has 1 aromatic rings. The normalized spacial score (nSPS) is 16.4. The van der Waals surface area contributed by atoms with Crippen molar-refractivity contribution in [1.82, 2.24) is 16.0 Å². The Bertz CT molecular complexity index is 629. The average molecular weight is 351 g/mol. The molecule has 24 heavy (non-hydrogen) atoms. The highest BCUT2D eigenvalue weighted by molar-refractivity contribution is 5.97. The van der Waals surface area contributed by atoms with Crippen LogP contribution in [0.5, 0.6) is 0 Å². The number of anilines is 1. The number of carbonyl (C=O) groups excluding carboxylic acids is 2. The third-order valence-electron chi connectivity index (χ3n) is 3.93. The maximum Gasteiger partial charge on any atom is 0.319 e. The van der Waals surface area contributed by atoms with E-state index in [4.69, 9.17) is 0 Å². The fourth-order valence-electron chi connectivity index (χ4n) is 2.44. The van der Waals surface area contributed by atoms with Gasteiger partial charge in [-0.3, -0.25) is 4.79 Å². The standard InChI is InChI=1S/C17H22N4O2.ClH/c22-16(19-11-12-6-8-18-9-7-12)13-2-1-3-15(10-13)21-17(23)20-14-4-5-14;/h1-3,6,10,14,18H,4-5,7-9,11H2,(H,19,22)(H2,20,21,23);1H. The third kappa shape index (κ3) is 5.54. The van der Waals surface area contributed by atoms with E-state index < -0.39 is 0 Å². The fraction of sp³-hybridized carbons (Fsp3) is 0.412. The summed E-state index contributed by atoms with van der Waals surface area (Å²) in [4.78, 5) is 24.0. The Labute approximate surface area is 147 Å². The molecule has 1 heterocycles. The van der Waals surface area contributed by atoms with Gasteiger partial charge in [-0.15, -0.1) is 12.4 Å². The molecule has 1 aliphatic heterocycles. The monoisotopic (exact) mass is 350 g/mol. The Morgan fingerprint density at radius 1 is 1.25 bits per heavy atom. The second kappa shape index (κ2) is 8.70. The van der Waals surface area contributed by atoms with Gasteiger partial charge in [0.25, 0.3) is 5.91 Å². The van der Waals surface area contributed by atoms with Gasteiger partial charge in [-0.25, -0.2) is 4.79 Å². The Morgan fingerprint density at radius 2 is 2.08 bits per heavy atom. The first-order chi connectivity index (χ1) is 11.2. The van der Waals surface area contributed by atoms with Crippen LogP contribution < -0.4 is 21.3 Å². The van der Waals surface area contributed by atoms with E-state index >= 15 is 0 Å². The van der Waals surface area contributed by atoms with E-state index in [1.54, 1.807) is 24.3 Å². The van der Waals surface area contributed by atoms with Crippen molar-refractivity contribution in [3.8, 4) is 0 Å². The van der Waals surface area contributed by atoms with Crippen LogP contribution in [0.2, 0.25) is 0 Å². The summed E-state index contributed by atoms with van der Waals surface area (Å²) in [5, 5.41) is 11.8. The summed E-state index contributed by atoms with van der Waals surface area (Å²) in [7, 11) is 0. The quantitative estimate of drug-likeness (QED) is 0.613. The van der Waals surface area contributed by atoms with E-state index in [1.807, 2.05) is 0 Å². The number of hydrogen-bond acceptors (Lipinski definition) is 3. The molecule has 0 spiro atoms. The van der Waals surface area contributed by atoms with Crippen molar-refractivity contribution in [1.29, 1.82) is 0 Å². The number of hydrogen-bond donors (Lipinski definition) is 4. The number of carbonyl (C=O) groups is 2. The van der Waals surface area contributed by atoms with Crippen LogP contribution in [0, 0.1) is 0 Å². The first-order valence-corrected chi connectivity index (χ1v) is 8.05. The minimum Gasteiger partial charge on any atom is -0.348 e. The summed E-state index contributed by atoms with van der Waals surface area (Å²) in [6.07, 6.45) is 5.16. The summed E-state index contributed by atoms with van der Waals surface area (Å²) in [6.45, 7) is 2.39. The fourth-order valence-corrected chi connectivity index (χ4v) is 2.44. The van der Waals surface area contributed by atoms with Gasteiger partial charge in [-0.1, -0.05) is 17.7 Å². The average Bonchev–Trinajstić information content (AvgIpc) is 3.37. The van der Waals surface area contributed by atoms with Gasteiger partial charge in [0.1, 0.15) is 0 Å². The summed E-state index contributed by atoms with van der Waals surface area (Å²) in [5.41, 5.74) is 2.41. The Balaban J connectivity index is 0.00000208. The van der Waals surface area contributed by atoms with Crippen LogP contribution in [0.25, 0.3) is 0 Å². The molecule has 0 saturated heterocycles. The largest absolute Gasteiger partial charge is 0.348 e. The molecule has 1 fully saturated rings. The molecule has 3 rings (SSSR count). The SMILES string of the molecule is Cl.O=C(Nc1cccc(C(=O)NCC2=CCNCC2)c1)NC1CC1. The van der Waals surface area contributed by atoms with E-state index in [2.05, 4.69) is 27.3 Å². The van der Waals surface area contributed by atoms with Crippen LogP contribution in [-0.4, -0.2) is 37.6 Å². The van der Waals surface area contributed by atoms with Crippen LogP contribution in [0.3, 0.4) is 0 Å². The minimum atomic E-state index is -0.218. The molecule has 130 valence electrons. The van der Waals surface area contributed by atoms with Crippen LogP contribution in [0.1, 0.15) is 29.6 Å². The molecule has 0 atom stereocenters. The number of halogens is 1. The van der Waals surface area contributed by atoms with Gasteiger partial charge in [0, 0.05) is 30.4 Å². The van der Waals surface area contributed by atoms with Crippen LogP contribution in [-0.2, 0) is 0 Å². The highest BCUT2D eigenvalue weighted by Crippen LogP contribution is 2.19. The van der Waals surface area contributed by atoms with E-state index in [9.17, 15) is 9.59 Å². The van der Waals surface area contributed by atoms with Gasteiger partial charge in [-0.05, 0) is 44.0 Å². The Hall–Kier alpha value is -2.05. The summed E-state index contributed by atoms with van der Waals surface area (Å²) in [6, 6.07) is 7.07. The van der Waals surface area contributed by atoms with E-state index in [0.717, 1.165) is 32.4 Å². The third-order valence-corrected chi connectivity index (χ3v) is 3.93. The van der Waals surface area contributed by atoms with Crippen molar-refractivity contribution in [3.63, 3.8) is 0 Å². The molecule has 1 saturated carbocycles. The van der Waals surface area contributed by atoms with Crippen molar-refractivity contribution in [2.75, 3.05) is 25.0 Å². The van der Waals surface area contributed by atoms with Crippen LogP contribution in [0.4, 0.5) is 10.5 Å². The number of nitrogens with one attached hydrogen (secondary N) is 4. The zero-order valence-electron chi connectivity index (χ0n) is 13.4. The van der Waals surface area contributed by atoms with E-state index in [0.29, 0.717) is 23.8 Å². The van der Waals surface area contributed by atoms with Gasteiger partial charge in [-0.2, -0.15) is 0 Å². The molecule has 0 bridgehead atoms. The minimum absolute atomic E-state index is 0. The van der Waals surface area contributed by atoms with E-state index in [1.165, 1.54) is 5.57 Å². The lowest BCUT2D eigenvalue weighted by molar-refractivity contribution is 0.0956. The topological polar surface area (TPSA) is 82.3 Å². The second-order valence-corrected chi connectivity index (χ2v) is 5.95. The highest BCUT2D eigenvalue weighted by atomic mass is 35.5. The van der Waals surface area contributed by atoms with Crippen molar-refractivity contribution in [2.45, 2.75) is 25.3 Å². The molecule has 1 aliphatic carbocycles. The molecular formula is C17H23ClN4O2. The lowest BCUT2D eigenvalue weighted by Gasteiger charge is -2.15. The molecular weight excluding hydrogens is 328 g/mol. The van der Waals surface area contributed by atoms with Crippen molar-refractivity contribution >= 4 is 30.0 Å². The van der Waals surface area contributed by atoms with Gasteiger partial charge >= 0.3 is 6.03 Å². The first kappa shape index (κ1) is 18.3. The maximum atomic E-state index is 12.2. The molecule has 7 heteroatoms. The first-order valence-electron chi connectivity index (χ1n) is 8.05. The predicted molar refractivity (Wildman–Crippen MR) is 96.8 cm³/mol. The number of benzene rings is 1. The smallest absolute Gasteiger partial charge is 0.319 e. The summed E-state index contributed by atoms with van der Waals surface area (Å²) < 4.78 is 0. The molecule has 0 radical (unpaired) electrons. The Morgan fingerprint density at radius 3 is 2.79 bits per heavy atom. The van der Waals surface area contributed by atoms with Crippen molar-refractivity contribution in [3.05, 3.63) is 41.5 Å². The molecule has 4 N–H and O–H groups in total. The second-order valence-electron chi connectivity index (χ2n) is 5.95. The van der Waals surface area contributed by atoms with Gasteiger partial charge in [0.15, 0.2) is 0 Å². The molecule has 0 unspecified atom stereocenters. The Kier molecular flexibility index (Phi) is 6.63. The van der Waals surface area contributed by atoms with E-state index in [-0.39, 0.29) is 24.3 Å². The summed E-state index contributed by atoms with van der Waals surface area (Å²) >= 11 is 0. The number of amides is 3. The number of rotatable bonds is 5. The van der Waals surface area contributed by atoms with Gasteiger partial charge in [0.2, 0.25) is 0 Å². The maximum absolute atomic E-state index is 12.2. The molecule has 6 nitrogen and oxygen atoms in total. The van der Waals surface area contributed by atoms with Crippen LogP contribution >= 0.6 is 12.4 Å². The summed E-state index contributed by atoms with van der Waals surface area (Å²) in [5.74, 6) is -0.129. The zero-order chi connectivity index (χ0) is 16.1.